The lowest BCUT2D eigenvalue weighted by Gasteiger charge is -2.09. The molecule has 0 saturated heterocycles. The second-order valence-corrected chi connectivity index (χ2v) is 5.37. The fourth-order valence-electron chi connectivity index (χ4n) is 2.32. The van der Waals surface area contributed by atoms with Crippen LogP contribution in [0.25, 0.3) is 11.0 Å². The SMILES string of the molecule is Cc1cc(=O)oc2cc(OCC(=O)Nc3cc(F)ccc3F)ccc12. The first-order chi connectivity index (χ1) is 11.9. The molecule has 1 aromatic heterocycles. The number of carbonyl (C=O) groups excluding carboxylic acids is 1. The normalized spacial score (nSPS) is 10.7. The average molecular weight is 345 g/mol. The topological polar surface area (TPSA) is 68.5 Å². The number of ether oxygens (including phenoxy) is 1. The van der Waals surface area contributed by atoms with Crippen molar-refractivity contribution in [2.75, 3.05) is 11.9 Å². The van der Waals surface area contributed by atoms with Crippen LogP contribution in [-0.2, 0) is 4.79 Å². The van der Waals surface area contributed by atoms with Crippen molar-refractivity contribution in [2.45, 2.75) is 6.92 Å². The molecule has 0 aliphatic rings. The minimum absolute atomic E-state index is 0.270. The van der Waals surface area contributed by atoms with Gasteiger partial charge in [-0.1, -0.05) is 0 Å². The Morgan fingerprint density at radius 3 is 2.76 bits per heavy atom. The Bertz CT molecular complexity index is 1010. The van der Waals surface area contributed by atoms with E-state index in [1.165, 1.54) is 12.1 Å². The molecule has 128 valence electrons. The summed E-state index contributed by atoms with van der Waals surface area (Å²) in [5, 5.41) is 2.97. The van der Waals surface area contributed by atoms with Gasteiger partial charge < -0.3 is 14.5 Å². The number of rotatable bonds is 4. The molecule has 7 heteroatoms. The van der Waals surface area contributed by atoms with Gasteiger partial charge in [0.15, 0.2) is 6.61 Å². The van der Waals surface area contributed by atoms with Gasteiger partial charge in [-0.25, -0.2) is 13.6 Å². The van der Waals surface area contributed by atoms with Crippen LogP contribution in [0.1, 0.15) is 5.56 Å². The third kappa shape index (κ3) is 3.82. The van der Waals surface area contributed by atoms with Crippen molar-refractivity contribution >= 4 is 22.6 Å². The van der Waals surface area contributed by atoms with Crippen LogP contribution in [0.4, 0.5) is 14.5 Å². The van der Waals surface area contributed by atoms with Crippen molar-refractivity contribution in [3.63, 3.8) is 0 Å². The van der Waals surface area contributed by atoms with E-state index in [0.717, 1.165) is 29.1 Å². The van der Waals surface area contributed by atoms with Crippen molar-refractivity contribution in [2.24, 2.45) is 0 Å². The third-order valence-corrected chi connectivity index (χ3v) is 3.50. The van der Waals surface area contributed by atoms with Gasteiger partial charge in [0, 0.05) is 23.6 Å². The molecular weight excluding hydrogens is 332 g/mol. The smallest absolute Gasteiger partial charge is 0.336 e. The van der Waals surface area contributed by atoms with Gasteiger partial charge in [-0.3, -0.25) is 4.79 Å². The number of carbonyl (C=O) groups is 1. The number of hydrogen-bond donors (Lipinski definition) is 1. The van der Waals surface area contributed by atoms with Crippen molar-refractivity contribution < 1.29 is 22.7 Å². The second-order valence-electron chi connectivity index (χ2n) is 5.37. The lowest BCUT2D eigenvalue weighted by molar-refractivity contribution is -0.118. The molecule has 2 aromatic carbocycles. The van der Waals surface area contributed by atoms with E-state index in [0.29, 0.717) is 11.3 Å². The standard InChI is InChI=1S/C18H13F2NO4/c1-10-6-18(23)25-16-8-12(3-4-13(10)16)24-9-17(22)21-15-7-11(19)2-5-14(15)20/h2-8H,9H2,1H3,(H,21,22). The number of amides is 1. The number of hydrogen-bond acceptors (Lipinski definition) is 4. The Labute approximate surface area is 140 Å². The van der Waals surface area contributed by atoms with E-state index in [9.17, 15) is 18.4 Å². The number of halogens is 2. The summed E-state index contributed by atoms with van der Waals surface area (Å²) >= 11 is 0. The monoisotopic (exact) mass is 345 g/mol. The molecule has 0 fully saturated rings. The molecule has 3 rings (SSSR count). The average Bonchev–Trinajstić information content (AvgIpc) is 2.56. The molecule has 3 aromatic rings. The molecule has 0 radical (unpaired) electrons. The van der Waals surface area contributed by atoms with E-state index in [-0.39, 0.29) is 5.69 Å². The molecule has 1 amide bonds. The first-order valence-electron chi connectivity index (χ1n) is 7.34. The Kier molecular flexibility index (Phi) is 4.47. The molecule has 1 N–H and O–H groups in total. The summed E-state index contributed by atoms with van der Waals surface area (Å²) in [5.41, 5.74) is 0.339. The maximum absolute atomic E-state index is 13.5. The van der Waals surface area contributed by atoms with Crippen molar-refractivity contribution in [3.05, 3.63) is 70.1 Å². The van der Waals surface area contributed by atoms with Crippen LogP contribution < -0.4 is 15.7 Å². The highest BCUT2D eigenvalue weighted by Crippen LogP contribution is 2.22. The molecule has 0 saturated carbocycles. The molecule has 0 aliphatic carbocycles. The number of fused-ring (bicyclic) bond motifs is 1. The van der Waals surface area contributed by atoms with Gasteiger partial charge in [0.1, 0.15) is 23.0 Å². The summed E-state index contributed by atoms with van der Waals surface area (Å²) in [5.74, 6) is -1.78. The molecule has 1 heterocycles. The molecule has 5 nitrogen and oxygen atoms in total. The van der Waals surface area contributed by atoms with Crippen LogP contribution in [-0.4, -0.2) is 12.5 Å². The fraction of sp³-hybridized carbons (Fsp3) is 0.111. The molecule has 0 unspecified atom stereocenters. The molecular formula is C18H13F2NO4. The molecule has 0 aliphatic heterocycles. The molecule has 0 spiro atoms. The zero-order chi connectivity index (χ0) is 18.0. The van der Waals surface area contributed by atoms with Gasteiger partial charge in [0.25, 0.3) is 5.91 Å². The highest BCUT2D eigenvalue weighted by molar-refractivity contribution is 5.92. The zero-order valence-corrected chi connectivity index (χ0v) is 13.1. The van der Waals surface area contributed by atoms with Gasteiger partial charge in [0.05, 0.1) is 5.69 Å². The van der Waals surface area contributed by atoms with Crippen molar-refractivity contribution in [1.29, 1.82) is 0 Å². The maximum atomic E-state index is 13.5. The summed E-state index contributed by atoms with van der Waals surface area (Å²) in [7, 11) is 0. The molecule has 0 atom stereocenters. The summed E-state index contributed by atoms with van der Waals surface area (Å²) in [4.78, 5) is 23.2. The van der Waals surface area contributed by atoms with Crippen LogP contribution in [0.5, 0.6) is 5.75 Å². The van der Waals surface area contributed by atoms with E-state index in [1.54, 1.807) is 19.1 Å². The summed E-state index contributed by atoms with van der Waals surface area (Å²) in [6, 6.07) is 8.93. The summed E-state index contributed by atoms with van der Waals surface area (Å²) in [6.45, 7) is 1.36. The van der Waals surface area contributed by atoms with E-state index in [2.05, 4.69) is 5.32 Å². The maximum Gasteiger partial charge on any atom is 0.336 e. The lowest BCUT2D eigenvalue weighted by Crippen LogP contribution is -2.20. The van der Waals surface area contributed by atoms with E-state index in [4.69, 9.17) is 9.15 Å². The van der Waals surface area contributed by atoms with Crippen LogP contribution in [0.3, 0.4) is 0 Å². The van der Waals surface area contributed by atoms with Crippen LogP contribution in [0.15, 0.2) is 51.7 Å². The Balaban J connectivity index is 1.70. The number of anilines is 1. The largest absolute Gasteiger partial charge is 0.484 e. The summed E-state index contributed by atoms with van der Waals surface area (Å²) in [6.07, 6.45) is 0. The van der Waals surface area contributed by atoms with E-state index >= 15 is 0 Å². The van der Waals surface area contributed by atoms with Crippen molar-refractivity contribution in [3.8, 4) is 5.75 Å². The number of aryl methyl sites for hydroxylation is 1. The zero-order valence-electron chi connectivity index (χ0n) is 13.1. The van der Waals surface area contributed by atoms with E-state index < -0.39 is 29.8 Å². The third-order valence-electron chi connectivity index (χ3n) is 3.50. The first kappa shape index (κ1) is 16.6. The highest BCUT2D eigenvalue weighted by atomic mass is 19.1. The van der Waals surface area contributed by atoms with Gasteiger partial charge in [-0.15, -0.1) is 0 Å². The second kappa shape index (κ2) is 6.72. The Morgan fingerprint density at radius 1 is 1.16 bits per heavy atom. The van der Waals surface area contributed by atoms with Crippen LogP contribution >= 0.6 is 0 Å². The quantitative estimate of drug-likeness (QED) is 0.736. The molecule has 25 heavy (non-hydrogen) atoms. The van der Waals surface area contributed by atoms with E-state index in [1.807, 2.05) is 0 Å². The van der Waals surface area contributed by atoms with Crippen LogP contribution in [0, 0.1) is 18.6 Å². The number of benzene rings is 2. The predicted octanol–water partition coefficient (Wildman–Crippen LogP) is 3.40. The Morgan fingerprint density at radius 2 is 1.96 bits per heavy atom. The first-order valence-corrected chi connectivity index (χ1v) is 7.34. The number of nitrogens with one attached hydrogen (secondary N) is 1. The minimum atomic E-state index is -0.752. The van der Waals surface area contributed by atoms with Gasteiger partial charge >= 0.3 is 5.63 Å². The van der Waals surface area contributed by atoms with Crippen molar-refractivity contribution in [1.82, 2.24) is 0 Å². The summed E-state index contributed by atoms with van der Waals surface area (Å²) < 4.78 is 37.0. The van der Waals surface area contributed by atoms with Gasteiger partial charge in [0.2, 0.25) is 0 Å². The molecule has 0 bridgehead atoms. The van der Waals surface area contributed by atoms with Gasteiger partial charge in [-0.05, 0) is 36.8 Å². The lowest BCUT2D eigenvalue weighted by atomic mass is 10.1. The Hall–Kier alpha value is -3.22. The minimum Gasteiger partial charge on any atom is -0.484 e. The highest BCUT2D eigenvalue weighted by Gasteiger charge is 2.10. The van der Waals surface area contributed by atoms with Crippen LogP contribution in [0.2, 0.25) is 0 Å². The predicted molar refractivity (Wildman–Crippen MR) is 87.7 cm³/mol. The fourth-order valence-corrected chi connectivity index (χ4v) is 2.32. The van der Waals surface area contributed by atoms with Gasteiger partial charge in [-0.2, -0.15) is 0 Å².